The highest BCUT2D eigenvalue weighted by Gasteiger charge is 2.39. The minimum atomic E-state index is -4.78. The Bertz CT molecular complexity index is 1230. The van der Waals surface area contributed by atoms with E-state index >= 15 is 0 Å². The van der Waals surface area contributed by atoms with E-state index in [1.807, 2.05) is 0 Å². The summed E-state index contributed by atoms with van der Waals surface area (Å²) in [5.41, 5.74) is -0.597. The zero-order valence-electron chi connectivity index (χ0n) is 18.4. The van der Waals surface area contributed by atoms with Crippen molar-refractivity contribution in [2.45, 2.75) is 52.6 Å². The topological polar surface area (TPSA) is 64.7 Å². The van der Waals surface area contributed by atoms with Crippen LogP contribution in [0, 0.1) is 20.8 Å². The summed E-state index contributed by atoms with van der Waals surface area (Å²) in [5.74, 6) is -0.666. The Labute approximate surface area is 195 Å². The molecule has 0 fully saturated rings. The number of hydrogen-bond acceptors (Lipinski definition) is 3. The van der Waals surface area contributed by atoms with Gasteiger partial charge in [0.2, 0.25) is 5.91 Å². The van der Waals surface area contributed by atoms with Crippen LogP contribution in [0.2, 0.25) is 5.02 Å². The van der Waals surface area contributed by atoms with Crippen LogP contribution >= 0.6 is 11.6 Å². The monoisotopic (exact) mass is 507 g/mol. The van der Waals surface area contributed by atoms with Crippen molar-refractivity contribution in [1.82, 2.24) is 19.6 Å². The SMILES string of the molecule is Cc1nn(Cc2cccc(C(F)(F)F)c2)c(C)c1NC(=O)C(C)n1nc(C(F)(F)F)c(Cl)c1C. The van der Waals surface area contributed by atoms with Gasteiger partial charge in [0.25, 0.3) is 0 Å². The van der Waals surface area contributed by atoms with E-state index in [0.717, 1.165) is 16.8 Å². The molecule has 0 aliphatic rings. The molecular weight excluding hydrogens is 488 g/mol. The summed E-state index contributed by atoms with van der Waals surface area (Å²) >= 11 is 5.76. The minimum Gasteiger partial charge on any atom is -0.321 e. The van der Waals surface area contributed by atoms with Crippen molar-refractivity contribution >= 4 is 23.2 Å². The third-order valence-electron chi connectivity index (χ3n) is 5.31. The summed E-state index contributed by atoms with van der Waals surface area (Å²) in [5, 5.41) is 9.78. The molecule has 1 amide bonds. The summed E-state index contributed by atoms with van der Waals surface area (Å²) in [6, 6.07) is 3.65. The lowest BCUT2D eigenvalue weighted by molar-refractivity contribution is -0.141. The fourth-order valence-electron chi connectivity index (χ4n) is 3.45. The van der Waals surface area contributed by atoms with Gasteiger partial charge in [-0.2, -0.15) is 36.5 Å². The molecule has 34 heavy (non-hydrogen) atoms. The van der Waals surface area contributed by atoms with E-state index in [2.05, 4.69) is 15.5 Å². The maximum Gasteiger partial charge on any atom is 0.436 e. The highest BCUT2D eigenvalue weighted by atomic mass is 35.5. The van der Waals surface area contributed by atoms with Gasteiger partial charge in [0.15, 0.2) is 5.69 Å². The van der Waals surface area contributed by atoms with Crippen molar-refractivity contribution in [3.63, 3.8) is 0 Å². The Morgan fingerprint density at radius 1 is 1.06 bits per heavy atom. The number of amides is 1. The molecule has 1 unspecified atom stereocenters. The Hall–Kier alpha value is -3.02. The van der Waals surface area contributed by atoms with Crippen molar-refractivity contribution in [3.05, 3.63) is 63.2 Å². The van der Waals surface area contributed by atoms with Crippen molar-refractivity contribution in [2.75, 3.05) is 5.32 Å². The summed E-state index contributed by atoms with van der Waals surface area (Å²) < 4.78 is 80.6. The fraction of sp³-hybridized carbons (Fsp3) is 0.381. The average molecular weight is 508 g/mol. The average Bonchev–Trinajstić information content (AvgIpc) is 3.17. The summed E-state index contributed by atoms with van der Waals surface area (Å²) in [6.45, 7) is 5.91. The van der Waals surface area contributed by atoms with Gasteiger partial charge < -0.3 is 5.32 Å². The van der Waals surface area contributed by atoms with Crippen LogP contribution in [-0.4, -0.2) is 25.5 Å². The van der Waals surface area contributed by atoms with Crippen LogP contribution in [0.15, 0.2) is 24.3 Å². The van der Waals surface area contributed by atoms with E-state index in [0.29, 0.717) is 22.6 Å². The number of benzene rings is 1. The number of carbonyl (C=O) groups is 1. The molecule has 2 heterocycles. The van der Waals surface area contributed by atoms with Gasteiger partial charge in [-0.1, -0.05) is 23.7 Å². The second kappa shape index (κ2) is 8.97. The molecule has 0 spiro atoms. The van der Waals surface area contributed by atoms with Crippen LogP contribution in [0.1, 0.15) is 46.9 Å². The Kier molecular flexibility index (Phi) is 6.75. The number of aryl methyl sites for hydroxylation is 1. The highest BCUT2D eigenvalue weighted by Crippen LogP contribution is 2.36. The third kappa shape index (κ3) is 5.06. The number of halogens is 7. The largest absolute Gasteiger partial charge is 0.436 e. The van der Waals surface area contributed by atoms with E-state index in [-0.39, 0.29) is 12.2 Å². The molecule has 6 nitrogen and oxygen atoms in total. The molecule has 0 radical (unpaired) electrons. The second-order valence-electron chi connectivity index (χ2n) is 7.76. The first-order valence-corrected chi connectivity index (χ1v) is 10.3. The molecular formula is C21H20ClF6N5O. The van der Waals surface area contributed by atoms with E-state index in [1.165, 1.54) is 30.7 Å². The number of aromatic nitrogens is 4. The molecule has 0 aliphatic carbocycles. The predicted molar refractivity (Wildman–Crippen MR) is 113 cm³/mol. The lowest BCUT2D eigenvalue weighted by Crippen LogP contribution is -2.26. The number of hydrogen-bond donors (Lipinski definition) is 1. The normalized spacial score (nSPS) is 13.3. The first kappa shape index (κ1) is 25.6. The summed E-state index contributed by atoms with van der Waals surface area (Å²) in [4.78, 5) is 12.8. The van der Waals surface area contributed by atoms with E-state index in [4.69, 9.17) is 11.6 Å². The summed E-state index contributed by atoms with van der Waals surface area (Å²) in [6.07, 6.45) is -9.26. The number of anilines is 1. The van der Waals surface area contributed by atoms with Crippen molar-refractivity contribution in [1.29, 1.82) is 0 Å². The second-order valence-corrected chi connectivity index (χ2v) is 8.14. The Morgan fingerprint density at radius 3 is 2.26 bits per heavy atom. The van der Waals surface area contributed by atoms with Gasteiger partial charge in [-0.15, -0.1) is 0 Å². The van der Waals surface area contributed by atoms with Gasteiger partial charge in [-0.05, 0) is 45.4 Å². The molecule has 184 valence electrons. The first-order chi connectivity index (χ1) is 15.6. The van der Waals surface area contributed by atoms with Crippen LogP contribution in [0.3, 0.4) is 0 Å². The highest BCUT2D eigenvalue weighted by molar-refractivity contribution is 6.32. The van der Waals surface area contributed by atoms with Crippen molar-refractivity contribution in [2.24, 2.45) is 0 Å². The number of carbonyl (C=O) groups excluding carboxylic acids is 1. The smallest absolute Gasteiger partial charge is 0.321 e. The molecule has 3 rings (SSSR count). The van der Waals surface area contributed by atoms with Crippen LogP contribution in [-0.2, 0) is 23.7 Å². The fourth-order valence-corrected chi connectivity index (χ4v) is 3.68. The zero-order valence-corrected chi connectivity index (χ0v) is 19.2. The number of alkyl halides is 6. The minimum absolute atomic E-state index is 0.0187. The van der Waals surface area contributed by atoms with Crippen molar-refractivity contribution < 1.29 is 31.1 Å². The molecule has 1 atom stereocenters. The lowest BCUT2D eigenvalue weighted by Gasteiger charge is -2.15. The van der Waals surface area contributed by atoms with Gasteiger partial charge in [-0.3, -0.25) is 14.2 Å². The maximum atomic E-state index is 13.1. The van der Waals surface area contributed by atoms with Crippen LogP contribution in [0.25, 0.3) is 0 Å². The van der Waals surface area contributed by atoms with Crippen LogP contribution < -0.4 is 5.32 Å². The maximum absolute atomic E-state index is 13.1. The molecule has 3 aromatic rings. The molecule has 13 heteroatoms. The molecule has 0 aliphatic heterocycles. The Morgan fingerprint density at radius 2 is 1.71 bits per heavy atom. The quantitative estimate of drug-likeness (QED) is 0.434. The van der Waals surface area contributed by atoms with E-state index in [1.54, 1.807) is 13.8 Å². The molecule has 2 aromatic heterocycles. The number of nitrogens with one attached hydrogen (secondary N) is 1. The third-order valence-corrected chi connectivity index (χ3v) is 5.76. The van der Waals surface area contributed by atoms with E-state index < -0.39 is 40.6 Å². The van der Waals surface area contributed by atoms with Crippen LogP contribution in [0.4, 0.5) is 32.0 Å². The lowest BCUT2D eigenvalue weighted by atomic mass is 10.1. The zero-order chi connectivity index (χ0) is 25.6. The molecule has 0 saturated heterocycles. The summed E-state index contributed by atoms with van der Waals surface area (Å²) in [7, 11) is 0. The molecule has 1 aromatic carbocycles. The molecule has 1 N–H and O–H groups in total. The van der Waals surface area contributed by atoms with Gasteiger partial charge in [-0.25, -0.2) is 0 Å². The van der Waals surface area contributed by atoms with Gasteiger partial charge in [0.05, 0.1) is 39.9 Å². The van der Waals surface area contributed by atoms with Gasteiger partial charge >= 0.3 is 12.4 Å². The van der Waals surface area contributed by atoms with Gasteiger partial charge in [0, 0.05) is 0 Å². The first-order valence-electron chi connectivity index (χ1n) is 9.94. The predicted octanol–water partition coefficient (Wildman–Crippen LogP) is 5.94. The van der Waals surface area contributed by atoms with E-state index in [9.17, 15) is 31.1 Å². The standard InChI is InChI=1S/C21H20ClF6N5O/c1-10-17(12(3)32(30-10)9-14-6-5-7-15(8-14)20(23,24)25)29-19(34)13(4)33-11(2)16(22)18(31-33)21(26,27)28/h5-8,13H,9H2,1-4H3,(H,29,34). The molecule has 0 saturated carbocycles. The molecule has 0 bridgehead atoms. The number of rotatable bonds is 5. The van der Waals surface area contributed by atoms with Crippen molar-refractivity contribution in [3.8, 4) is 0 Å². The number of nitrogens with zero attached hydrogens (tertiary/aromatic N) is 4. The van der Waals surface area contributed by atoms with Crippen LogP contribution in [0.5, 0.6) is 0 Å². The van der Waals surface area contributed by atoms with Gasteiger partial charge in [0.1, 0.15) is 6.04 Å². The Balaban J connectivity index is 1.83.